The monoisotopic (exact) mass is 516 g/mol. The molecule has 1 N–H and O–H groups in total. The summed E-state index contributed by atoms with van der Waals surface area (Å²) >= 11 is 0. The zero-order valence-corrected chi connectivity index (χ0v) is 21.9. The number of benzene rings is 1. The van der Waals surface area contributed by atoms with E-state index in [1.165, 1.54) is 21.9 Å². The summed E-state index contributed by atoms with van der Waals surface area (Å²) in [5, 5.41) is 0.650. The van der Waals surface area contributed by atoms with Crippen molar-refractivity contribution in [2.24, 2.45) is 0 Å². The Labute approximate surface area is 212 Å². The lowest BCUT2D eigenvalue weighted by Gasteiger charge is -2.19. The van der Waals surface area contributed by atoms with E-state index >= 15 is 4.39 Å². The van der Waals surface area contributed by atoms with Crippen molar-refractivity contribution < 1.29 is 22.5 Å². The van der Waals surface area contributed by atoms with Gasteiger partial charge in [0.15, 0.2) is 5.82 Å². The first-order valence-electron chi connectivity index (χ1n) is 11.0. The lowest BCUT2D eigenvalue weighted by molar-refractivity contribution is 0.172. The number of amides is 1. The van der Waals surface area contributed by atoms with Gasteiger partial charge in [-0.15, -0.1) is 0 Å². The van der Waals surface area contributed by atoms with Gasteiger partial charge in [0.2, 0.25) is 0 Å². The topological polar surface area (TPSA) is 95.3 Å². The van der Waals surface area contributed by atoms with E-state index in [1.54, 1.807) is 40.3 Å². The molecule has 36 heavy (non-hydrogen) atoms. The van der Waals surface area contributed by atoms with Crippen molar-refractivity contribution in [1.82, 2.24) is 14.5 Å². The summed E-state index contributed by atoms with van der Waals surface area (Å²) in [6, 6.07) is 11.8. The molecule has 0 aliphatic rings. The van der Waals surface area contributed by atoms with Gasteiger partial charge in [0.05, 0.1) is 0 Å². The lowest BCUT2D eigenvalue weighted by atomic mass is 9.97. The van der Waals surface area contributed by atoms with Crippen molar-refractivity contribution in [3.63, 3.8) is 0 Å². The molecule has 0 saturated carbocycles. The Morgan fingerprint density at radius 1 is 1.19 bits per heavy atom. The van der Waals surface area contributed by atoms with Gasteiger partial charge in [-0.3, -0.25) is 0 Å². The minimum absolute atomic E-state index is 0.0359. The first-order valence-corrected chi connectivity index (χ1v) is 12.3. The number of carbonyl (C=O) groups excluding carboxylic acids is 1. The standard InChI is InChI=1S/C25H29FN4O5S/c1-27-36(33)15-30(6)21-9-7-8-16(23(21)26)12-19-20(14-28(2)3)18-11-10-17(34-25(32)29(4)5)13-22(18)35-24(19)31/h8,10-11,13,27H,12,14-15H2,1-6H3. The number of anilines is 1. The van der Waals surface area contributed by atoms with E-state index in [0.717, 1.165) is 0 Å². The van der Waals surface area contributed by atoms with Crippen LogP contribution in [0.2, 0.25) is 0 Å². The largest absolute Gasteiger partial charge is 0.422 e. The zero-order chi connectivity index (χ0) is 26.6. The molecule has 1 heterocycles. The SMILES string of the molecule is CNS(=O)CN(C)c1c#ccc(Cc2c(CN(C)C)c3ccc(OC(=O)N(C)C)cc3oc2=O)c1F. The Kier molecular flexibility index (Phi) is 8.68. The number of fused-ring (bicyclic) bond motifs is 1. The van der Waals surface area contributed by atoms with Crippen molar-refractivity contribution in [2.75, 3.05) is 53.1 Å². The quantitative estimate of drug-likeness (QED) is 0.437. The van der Waals surface area contributed by atoms with Gasteiger partial charge < -0.3 is 23.9 Å². The third-order valence-corrected chi connectivity index (χ3v) is 6.43. The van der Waals surface area contributed by atoms with Crippen molar-refractivity contribution >= 4 is 33.7 Å². The second-order valence-corrected chi connectivity index (χ2v) is 10.0. The molecule has 3 aromatic rings. The molecule has 2 aromatic carbocycles. The predicted octanol–water partition coefficient (Wildman–Crippen LogP) is 2.52. The average molecular weight is 517 g/mol. The third-order valence-electron chi connectivity index (χ3n) is 5.35. The average Bonchev–Trinajstić information content (AvgIpc) is 2.81. The van der Waals surface area contributed by atoms with E-state index < -0.39 is 28.5 Å². The van der Waals surface area contributed by atoms with Crippen molar-refractivity contribution in [3.8, 4) is 5.75 Å². The number of nitrogens with one attached hydrogen (secondary N) is 1. The first kappa shape index (κ1) is 27.1. The van der Waals surface area contributed by atoms with Gasteiger partial charge in [-0.25, -0.2) is 22.9 Å². The second kappa shape index (κ2) is 11.5. The van der Waals surface area contributed by atoms with E-state index in [0.29, 0.717) is 23.1 Å². The van der Waals surface area contributed by atoms with E-state index in [-0.39, 0.29) is 34.9 Å². The Hall–Kier alpha value is -3.46. The fourth-order valence-electron chi connectivity index (χ4n) is 3.56. The van der Waals surface area contributed by atoms with Crippen LogP contribution in [0.1, 0.15) is 16.7 Å². The molecule has 1 atom stereocenters. The number of hydrogen-bond acceptors (Lipinski definition) is 7. The molecule has 0 aliphatic heterocycles. The summed E-state index contributed by atoms with van der Waals surface area (Å²) in [5.41, 5.74) is 0.953. The fourth-order valence-corrected chi connectivity index (χ4v) is 4.17. The second-order valence-electron chi connectivity index (χ2n) is 8.66. The molecule has 0 fully saturated rings. The maximum absolute atomic E-state index is 15.4. The van der Waals surface area contributed by atoms with Crippen LogP contribution in [0.25, 0.3) is 11.0 Å². The highest BCUT2D eigenvalue weighted by molar-refractivity contribution is 7.83. The predicted molar refractivity (Wildman–Crippen MR) is 137 cm³/mol. The molecule has 9 nitrogen and oxygen atoms in total. The van der Waals surface area contributed by atoms with Crippen LogP contribution in [0, 0.1) is 17.9 Å². The van der Waals surface area contributed by atoms with Crippen LogP contribution in [-0.2, 0) is 24.0 Å². The molecule has 1 amide bonds. The molecule has 0 radical (unpaired) electrons. The van der Waals surface area contributed by atoms with Crippen LogP contribution in [-0.4, -0.2) is 68.3 Å². The number of hydrogen-bond donors (Lipinski definition) is 1. The molecular formula is C25H29FN4O5S. The Morgan fingerprint density at radius 2 is 1.92 bits per heavy atom. The highest BCUT2D eigenvalue weighted by Crippen LogP contribution is 2.28. The van der Waals surface area contributed by atoms with Crippen LogP contribution < -0.4 is 20.0 Å². The molecular weight excluding hydrogens is 487 g/mol. The van der Waals surface area contributed by atoms with Crippen LogP contribution in [0.5, 0.6) is 5.75 Å². The van der Waals surface area contributed by atoms with E-state index in [2.05, 4.69) is 16.9 Å². The van der Waals surface area contributed by atoms with Crippen LogP contribution in [0.3, 0.4) is 0 Å². The summed E-state index contributed by atoms with van der Waals surface area (Å²) in [6.07, 6.45) is -0.597. The molecule has 3 rings (SSSR count). The molecule has 11 heteroatoms. The Bertz CT molecular complexity index is 1340. The van der Waals surface area contributed by atoms with Crippen LogP contribution >= 0.6 is 0 Å². The minimum Gasteiger partial charge on any atom is -0.422 e. The number of ether oxygens (including phenoxy) is 1. The van der Waals surface area contributed by atoms with Crippen molar-refractivity contribution in [3.05, 3.63) is 69.3 Å². The fraction of sp³-hybridized carbons (Fsp3) is 0.360. The molecule has 0 bridgehead atoms. The normalized spacial score (nSPS) is 11.9. The number of carbonyl (C=O) groups is 1. The highest BCUT2D eigenvalue weighted by Gasteiger charge is 2.20. The van der Waals surface area contributed by atoms with E-state index in [4.69, 9.17) is 9.15 Å². The maximum Gasteiger partial charge on any atom is 0.414 e. The van der Waals surface area contributed by atoms with Gasteiger partial charge in [-0.2, -0.15) is 0 Å². The van der Waals surface area contributed by atoms with Gasteiger partial charge in [0, 0.05) is 56.7 Å². The van der Waals surface area contributed by atoms with E-state index in [1.807, 2.05) is 19.0 Å². The highest BCUT2D eigenvalue weighted by atomic mass is 32.2. The Morgan fingerprint density at radius 3 is 2.56 bits per heavy atom. The third kappa shape index (κ3) is 6.20. The number of nitrogens with zero attached hydrogens (tertiary/aromatic N) is 3. The molecule has 0 spiro atoms. The molecule has 1 aromatic heterocycles. The van der Waals surface area contributed by atoms with Gasteiger partial charge in [-0.1, -0.05) is 6.07 Å². The molecule has 0 aliphatic carbocycles. The van der Waals surface area contributed by atoms with Gasteiger partial charge >= 0.3 is 11.7 Å². The van der Waals surface area contributed by atoms with Gasteiger partial charge in [0.1, 0.15) is 33.9 Å². The zero-order valence-electron chi connectivity index (χ0n) is 21.1. The van der Waals surface area contributed by atoms with Crippen LogP contribution in [0.15, 0.2) is 33.5 Å². The Balaban J connectivity index is 2.06. The number of rotatable bonds is 9. The van der Waals surface area contributed by atoms with Crippen molar-refractivity contribution in [2.45, 2.75) is 13.0 Å². The summed E-state index contributed by atoms with van der Waals surface area (Å²) in [6.45, 7) is 0.395. The van der Waals surface area contributed by atoms with Crippen molar-refractivity contribution in [1.29, 1.82) is 0 Å². The maximum atomic E-state index is 15.4. The summed E-state index contributed by atoms with van der Waals surface area (Å²) in [7, 11) is 8.61. The smallest absolute Gasteiger partial charge is 0.414 e. The number of halogens is 1. The van der Waals surface area contributed by atoms with E-state index in [9.17, 15) is 13.8 Å². The first-order chi connectivity index (χ1) is 17.0. The summed E-state index contributed by atoms with van der Waals surface area (Å²) in [5.74, 6) is -0.296. The molecule has 192 valence electrons. The molecule has 0 saturated heterocycles. The summed E-state index contributed by atoms with van der Waals surface area (Å²) in [4.78, 5) is 29.7. The minimum atomic E-state index is -1.38. The lowest BCUT2D eigenvalue weighted by Crippen LogP contribution is -2.28. The molecule has 1 unspecified atom stereocenters. The van der Waals surface area contributed by atoms with Crippen LogP contribution in [0.4, 0.5) is 14.9 Å². The van der Waals surface area contributed by atoms with Gasteiger partial charge in [-0.05, 0) is 51.0 Å². The summed E-state index contributed by atoms with van der Waals surface area (Å²) < 4.78 is 40.7. The van der Waals surface area contributed by atoms with Gasteiger partial charge in [0.25, 0.3) is 0 Å².